The highest BCUT2D eigenvalue weighted by Gasteiger charge is 2.12. The molecule has 2 aromatic carbocycles. The van der Waals surface area contributed by atoms with Crippen LogP contribution in [-0.2, 0) is 11.2 Å². The second-order valence-electron chi connectivity index (χ2n) is 5.42. The molecule has 0 atom stereocenters. The number of nitrogens with one attached hydrogen (secondary N) is 1. The molecule has 26 heavy (non-hydrogen) atoms. The number of methoxy groups -OCH3 is 2. The van der Waals surface area contributed by atoms with Gasteiger partial charge in [0.25, 0.3) is 0 Å². The Bertz CT molecular complexity index is 927. The summed E-state index contributed by atoms with van der Waals surface area (Å²) < 4.78 is 10.4. The maximum Gasteiger partial charge on any atom is 0.230 e. The number of para-hydroxylation sites is 1. The summed E-state index contributed by atoms with van der Waals surface area (Å²) in [4.78, 5) is 16.8. The molecule has 0 aliphatic carbocycles. The lowest BCUT2D eigenvalue weighted by Crippen LogP contribution is -2.14. The first-order chi connectivity index (χ1) is 12.6. The maximum absolute atomic E-state index is 12.3. The number of aromatic nitrogens is 1. The summed E-state index contributed by atoms with van der Waals surface area (Å²) in [6.45, 7) is 0. The normalized spacial score (nSPS) is 10.4. The lowest BCUT2D eigenvalue weighted by atomic mass is 10.1. The van der Waals surface area contributed by atoms with Crippen LogP contribution in [0.1, 0.15) is 5.56 Å². The zero-order valence-corrected chi connectivity index (χ0v) is 15.9. The molecular weight excluding hydrogens is 372 g/mol. The number of hydrogen-bond acceptors (Lipinski definition) is 5. The molecule has 7 heteroatoms. The summed E-state index contributed by atoms with van der Waals surface area (Å²) in [6, 6.07) is 12.9. The van der Waals surface area contributed by atoms with Crippen LogP contribution in [0.3, 0.4) is 0 Å². The van der Waals surface area contributed by atoms with Gasteiger partial charge in [-0.15, -0.1) is 11.3 Å². The summed E-state index contributed by atoms with van der Waals surface area (Å²) in [6.07, 6.45) is 0.216. The van der Waals surface area contributed by atoms with Gasteiger partial charge in [-0.3, -0.25) is 4.79 Å². The first-order valence-corrected chi connectivity index (χ1v) is 9.07. The van der Waals surface area contributed by atoms with Gasteiger partial charge in [0.15, 0.2) is 5.13 Å². The fourth-order valence-corrected chi connectivity index (χ4v) is 3.47. The molecule has 0 saturated carbocycles. The van der Waals surface area contributed by atoms with Gasteiger partial charge in [0.05, 0.1) is 31.4 Å². The van der Waals surface area contributed by atoms with E-state index in [1.807, 2.05) is 35.7 Å². The molecule has 0 saturated heterocycles. The molecule has 0 aliphatic heterocycles. The van der Waals surface area contributed by atoms with Gasteiger partial charge < -0.3 is 14.8 Å². The van der Waals surface area contributed by atoms with Gasteiger partial charge >= 0.3 is 0 Å². The first kappa shape index (κ1) is 18.2. The van der Waals surface area contributed by atoms with E-state index in [1.54, 1.807) is 26.4 Å². The largest absolute Gasteiger partial charge is 0.496 e. The number of hydrogen-bond donors (Lipinski definition) is 1. The standard InChI is InChI=1S/C19H17ClN2O3S/c1-24-16-6-4-3-5-13(16)10-18(23)22-19-21-15(11-26-19)12-7-8-17(25-2)14(20)9-12/h3-9,11H,10H2,1-2H3,(H,21,22,23). The number of thiazole rings is 1. The summed E-state index contributed by atoms with van der Waals surface area (Å²) in [7, 11) is 3.16. The van der Waals surface area contributed by atoms with Crippen molar-refractivity contribution in [3.63, 3.8) is 0 Å². The van der Waals surface area contributed by atoms with Crippen molar-refractivity contribution >= 4 is 34.0 Å². The van der Waals surface area contributed by atoms with Crippen molar-refractivity contribution in [1.82, 2.24) is 4.98 Å². The van der Waals surface area contributed by atoms with Gasteiger partial charge in [-0.25, -0.2) is 4.98 Å². The average Bonchev–Trinajstić information content (AvgIpc) is 3.10. The molecular formula is C19H17ClN2O3S. The Morgan fingerprint density at radius 1 is 1.15 bits per heavy atom. The minimum absolute atomic E-state index is 0.150. The van der Waals surface area contributed by atoms with Crippen molar-refractivity contribution in [1.29, 1.82) is 0 Å². The van der Waals surface area contributed by atoms with E-state index in [2.05, 4.69) is 10.3 Å². The van der Waals surface area contributed by atoms with Crippen LogP contribution >= 0.6 is 22.9 Å². The van der Waals surface area contributed by atoms with E-state index >= 15 is 0 Å². The van der Waals surface area contributed by atoms with E-state index in [0.29, 0.717) is 21.7 Å². The fourth-order valence-electron chi connectivity index (χ4n) is 2.47. The van der Waals surface area contributed by atoms with Gasteiger partial charge in [0.2, 0.25) is 5.91 Å². The highest BCUT2D eigenvalue weighted by Crippen LogP contribution is 2.31. The van der Waals surface area contributed by atoms with Crippen LogP contribution in [0.25, 0.3) is 11.3 Å². The van der Waals surface area contributed by atoms with Crippen LogP contribution in [0, 0.1) is 0 Å². The van der Waals surface area contributed by atoms with Crippen molar-refractivity contribution in [3.05, 3.63) is 58.4 Å². The molecule has 0 unspecified atom stereocenters. The molecule has 3 rings (SSSR count). The van der Waals surface area contributed by atoms with Crippen molar-refractivity contribution in [2.24, 2.45) is 0 Å². The van der Waals surface area contributed by atoms with Crippen molar-refractivity contribution in [2.75, 3.05) is 19.5 Å². The van der Waals surface area contributed by atoms with Crippen LogP contribution in [-0.4, -0.2) is 25.1 Å². The van der Waals surface area contributed by atoms with Crippen molar-refractivity contribution in [2.45, 2.75) is 6.42 Å². The zero-order valence-electron chi connectivity index (χ0n) is 14.3. The molecule has 1 N–H and O–H groups in total. The fraction of sp³-hybridized carbons (Fsp3) is 0.158. The zero-order chi connectivity index (χ0) is 18.5. The number of ether oxygens (including phenoxy) is 2. The molecule has 0 spiro atoms. The van der Waals surface area contributed by atoms with Gasteiger partial charge in [-0.2, -0.15) is 0 Å². The smallest absolute Gasteiger partial charge is 0.230 e. The SMILES string of the molecule is COc1ccc(-c2csc(NC(=O)Cc3ccccc3OC)n2)cc1Cl. The van der Waals surface area contributed by atoms with Crippen LogP contribution in [0.4, 0.5) is 5.13 Å². The Morgan fingerprint density at radius 2 is 1.92 bits per heavy atom. The number of anilines is 1. The Hall–Kier alpha value is -2.57. The number of amides is 1. The minimum atomic E-state index is -0.150. The highest BCUT2D eigenvalue weighted by molar-refractivity contribution is 7.14. The molecule has 0 bridgehead atoms. The second kappa shape index (κ2) is 8.21. The van der Waals surface area contributed by atoms with E-state index in [9.17, 15) is 4.79 Å². The van der Waals surface area contributed by atoms with Crippen LogP contribution < -0.4 is 14.8 Å². The van der Waals surface area contributed by atoms with Crippen LogP contribution in [0.2, 0.25) is 5.02 Å². The number of nitrogens with zero attached hydrogens (tertiary/aromatic N) is 1. The quantitative estimate of drug-likeness (QED) is 0.667. The molecule has 0 aliphatic rings. The van der Waals surface area contributed by atoms with Crippen molar-refractivity contribution < 1.29 is 14.3 Å². The molecule has 5 nitrogen and oxygen atoms in total. The second-order valence-corrected chi connectivity index (χ2v) is 6.69. The average molecular weight is 389 g/mol. The lowest BCUT2D eigenvalue weighted by molar-refractivity contribution is -0.115. The Morgan fingerprint density at radius 3 is 2.65 bits per heavy atom. The molecule has 0 radical (unpaired) electrons. The molecule has 1 aromatic heterocycles. The Labute approximate surface area is 160 Å². The van der Waals surface area contributed by atoms with Crippen LogP contribution in [0.15, 0.2) is 47.8 Å². The predicted molar refractivity (Wildman–Crippen MR) is 104 cm³/mol. The minimum Gasteiger partial charge on any atom is -0.496 e. The number of carbonyl (C=O) groups is 1. The molecule has 3 aromatic rings. The van der Waals surface area contributed by atoms with Gasteiger partial charge in [-0.1, -0.05) is 29.8 Å². The number of benzene rings is 2. The summed E-state index contributed by atoms with van der Waals surface area (Å²) in [5.41, 5.74) is 2.43. The monoisotopic (exact) mass is 388 g/mol. The van der Waals surface area contributed by atoms with E-state index in [1.165, 1.54) is 11.3 Å². The third-order valence-electron chi connectivity index (χ3n) is 3.74. The topological polar surface area (TPSA) is 60.5 Å². The first-order valence-electron chi connectivity index (χ1n) is 7.82. The summed E-state index contributed by atoms with van der Waals surface area (Å²) in [5, 5.41) is 5.74. The highest BCUT2D eigenvalue weighted by atomic mass is 35.5. The maximum atomic E-state index is 12.3. The summed E-state index contributed by atoms with van der Waals surface area (Å²) >= 11 is 7.52. The van der Waals surface area contributed by atoms with E-state index in [0.717, 1.165) is 16.8 Å². The molecule has 0 fully saturated rings. The van der Waals surface area contributed by atoms with Gasteiger partial charge in [0, 0.05) is 16.5 Å². The predicted octanol–water partition coefficient (Wildman–Crippen LogP) is 4.66. The lowest BCUT2D eigenvalue weighted by Gasteiger charge is -2.07. The third-order valence-corrected chi connectivity index (χ3v) is 4.79. The molecule has 1 heterocycles. The molecule has 134 valence electrons. The van der Waals surface area contributed by atoms with Crippen molar-refractivity contribution in [3.8, 4) is 22.8 Å². The van der Waals surface area contributed by atoms with Gasteiger partial charge in [0.1, 0.15) is 11.5 Å². The number of carbonyl (C=O) groups excluding carboxylic acids is 1. The van der Waals surface area contributed by atoms with E-state index in [4.69, 9.17) is 21.1 Å². The number of rotatable bonds is 6. The number of halogens is 1. The third kappa shape index (κ3) is 4.15. The van der Waals surface area contributed by atoms with Crippen LogP contribution in [0.5, 0.6) is 11.5 Å². The molecule has 1 amide bonds. The summed E-state index contributed by atoms with van der Waals surface area (Å²) in [5.74, 6) is 1.15. The Kier molecular flexibility index (Phi) is 5.75. The Balaban J connectivity index is 1.70. The van der Waals surface area contributed by atoms with E-state index < -0.39 is 0 Å². The van der Waals surface area contributed by atoms with Gasteiger partial charge in [-0.05, 0) is 24.3 Å². The van der Waals surface area contributed by atoms with E-state index in [-0.39, 0.29) is 12.3 Å².